The summed E-state index contributed by atoms with van der Waals surface area (Å²) in [6.45, 7) is 0.333. The fourth-order valence-electron chi connectivity index (χ4n) is 2.88. The average Bonchev–Trinajstić information content (AvgIpc) is 2.96. The maximum Gasteiger partial charge on any atom is 0.404 e. The Labute approximate surface area is 104 Å². The molecule has 3 nitrogen and oxygen atoms in total. The lowest BCUT2D eigenvalue weighted by Gasteiger charge is -2.29. The van der Waals surface area contributed by atoms with Crippen LogP contribution in [0.2, 0.25) is 0 Å². The number of alkyl halides is 3. The molecule has 0 aromatic carbocycles. The van der Waals surface area contributed by atoms with E-state index in [4.69, 9.17) is 0 Å². The number of rotatable bonds is 3. The Morgan fingerprint density at radius 2 is 2.00 bits per heavy atom. The Morgan fingerprint density at radius 1 is 1.33 bits per heavy atom. The highest BCUT2D eigenvalue weighted by Gasteiger charge is 2.61. The number of amides is 1. The van der Waals surface area contributed by atoms with Crippen LogP contribution in [0, 0.1) is 11.3 Å². The zero-order chi connectivity index (χ0) is 13.2. The molecule has 1 saturated heterocycles. The zero-order valence-electron chi connectivity index (χ0n) is 10.3. The van der Waals surface area contributed by atoms with Crippen molar-refractivity contribution in [1.82, 2.24) is 10.6 Å². The first-order valence-corrected chi connectivity index (χ1v) is 6.51. The zero-order valence-corrected chi connectivity index (χ0v) is 10.3. The van der Waals surface area contributed by atoms with E-state index in [2.05, 4.69) is 10.6 Å². The van der Waals surface area contributed by atoms with Crippen LogP contribution in [-0.2, 0) is 4.79 Å². The quantitative estimate of drug-likeness (QED) is 0.816. The predicted molar refractivity (Wildman–Crippen MR) is 60.9 cm³/mol. The minimum atomic E-state index is -4.48. The van der Waals surface area contributed by atoms with Crippen LogP contribution in [-0.4, -0.2) is 31.7 Å². The van der Waals surface area contributed by atoms with E-state index in [0.717, 1.165) is 25.7 Å². The standard InChI is InChI=1S/C12H19F3N2O/c13-12(14,15)11(5-6-16-8-11)10(18)17-7-9-3-1-2-4-9/h9,16H,1-8H2,(H,17,18). The van der Waals surface area contributed by atoms with Crippen LogP contribution in [0.4, 0.5) is 13.2 Å². The lowest BCUT2D eigenvalue weighted by molar-refractivity contribution is -0.216. The molecule has 1 amide bonds. The van der Waals surface area contributed by atoms with E-state index in [-0.39, 0.29) is 19.5 Å². The highest BCUT2D eigenvalue weighted by atomic mass is 19.4. The van der Waals surface area contributed by atoms with Crippen LogP contribution in [0.3, 0.4) is 0 Å². The van der Waals surface area contributed by atoms with Crippen molar-refractivity contribution in [2.75, 3.05) is 19.6 Å². The largest absolute Gasteiger partial charge is 0.404 e. The van der Waals surface area contributed by atoms with Gasteiger partial charge in [0.15, 0.2) is 5.41 Å². The number of carbonyl (C=O) groups excluding carboxylic acids is 1. The minimum absolute atomic E-state index is 0.160. The Morgan fingerprint density at radius 3 is 2.50 bits per heavy atom. The topological polar surface area (TPSA) is 41.1 Å². The summed E-state index contributed by atoms with van der Waals surface area (Å²) in [6.07, 6.45) is -0.378. The molecule has 0 spiro atoms. The molecule has 1 atom stereocenters. The minimum Gasteiger partial charge on any atom is -0.355 e. The van der Waals surface area contributed by atoms with E-state index in [0.29, 0.717) is 12.5 Å². The van der Waals surface area contributed by atoms with E-state index in [9.17, 15) is 18.0 Å². The Balaban J connectivity index is 1.96. The third-order valence-corrected chi connectivity index (χ3v) is 4.16. The second kappa shape index (κ2) is 5.07. The normalized spacial score (nSPS) is 29.7. The van der Waals surface area contributed by atoms with Crippen molar-refractivity contribution < 1.29 is 18.0 Å². The summed E-state index contributed by atoms with van der Waals surface area (Å²) in [5.41, 5.74) is -2.22. The van der Waals surface area contributed by atoms with Gasteiger partial charge in [0.2, 0.25) is 5.91 Å². The lowest BCUT2D eigenvalue weighted by atomic mass is 9.85. The second-order valence-corrected chi connectivity index (χ2v) is 5.37. The number of carbonyl (C=O) groups is 1. The summed E-state index contributed by atoms with van der Waals surface area (Å²) in [5, 5.41) is 5.16. The highest BCUT2D eigenvalue weighted by molar-refractivity contribution is 5.84. The van der Waals surface area contributed by atoms with Gasteiger partial charge in [0.05, 0.1) is 0 Å². The van der Waals surface area contributed by atoms with Gasteiger partial charge in [-0.2, -0.15) is 13.2 Å². The van der Waals surface area contributed by atoms with Gasteiger partial charge in [0, 0.05) is 13.1 Å². The summed E-state index contributed by atoms with van der Waals surface area (Å²) in [6, 6.07) is 0. The molecule has 1 heterocycles. The van der Waals surface area contributed by atoms with Gasteiger partial charge in [0.25, 0.3) is 0 Å². The van der Waals surface area contributed by atoms with Crippen LogP contribution >= 0.6 is 0 Å². The van der Waals surface area contributed by atoms with Crippen LogP contribution in [0.1, 0.15) is 32.1 Å². The van der Waals surface area contributed by atoms with Crippen LogP contribution in [0.5, 0.6) is 0 Å². The first-order valence-electron chi connectivity index (χ1n) is 6.51. The molecule has 0 aromatic rings. The SMILES string of the molecule is O=C(NCC1CCCC1)C1(C(F)(F)F)CCNC1. The van der Waals surface area contributed by atoms with Crippen molar-refractivity contribution in [2.24, 2.45) is 11.3 Å². The van der Waals surface area contributed by atoms with Gasteiger partial charge in [-0.15, -0.1) is 0 Å². The molecule has 2 fully saturated rings. The number of hydrogen-bond donors (Lipinski definition) is 2. The van der Waals surface area contributed by atoms with Gasteiger partial charge in [-0.3, -0.25) is 4.79 Å². The fraction of sp³-hybridized carbons (Fsp3) is 0.917. The monoisotopic (exact) mass is 264 g/mol. The Bertz CT molecular complexity index is 305. The molecule has 1 unspecified atom stereocenters. The molecule has 104 valence electrons. The molecule has 1 aliphatic heterocycles. The van der Waals surface area contributed by atoms with E-state index >= 15 is 0 Å². The summed E-state index contributed by atoms with van der Waals surface area (Å²) < 4.78 is 39.2. The summed E-state index contributed by atoms with van der Waals surface area (Å²) in [4.78, 5) is 11.9. The Hall–Kier alpha value is -0.780. The van der Waals surface area contributed by atoms with Gasteiger partial charge in [-0.1, -0.05) is 12.8 Å². The first kappa shape index (κ1) is 13.6. The van der Waals surface area contributed by atoms with Crippen LogP contribution in [0.15, 0.2) is 0 Å². The second-order valence-electron chi connectivity index (χ2n) is 5.37. The third-order valence-electron chi connectivity index (χ3n) is 4.16. The molecule has 1 aliphatic carbocycles. The smallest absolute Gasteiger partial charge is 0.355 e. The maximum absolute atomic E-state index is 13.1. The molecular formula is C12H19F3N2O. The van der Waals surface area contributed by atoms with E-state index in [1.54, 1.807) is 0 Å². The van der Waals surface area contributed by atoms with Crippen molar-refractivity contribution in [1.29, 1.82) is 0 Å². The van der Waals surface area contributed by atoms with E-state index in [1.807, 2.05) is 0 Å². The van der Waals surface area contributed by atoms with Crippen LogP contribution in [0.25, 0.3) is 0 Å². The van der Waals surface area contributed by atoms with Crippen molar-refractivity contribution >= 4 is 5.91 Å². The maximum atomic E-state index is 13.1. The summed E-state index contributed by atoms with van der Waals surface area (Å²) in [5.74, 6) is -0.500. The van der Waals surface area contributed by atoms with Crippen molar-refractivity contribution in [3.8, 4) is 0 Å². The van der Waals surface area contributed by atoms with Crippen molar-refractivity contribution in [3.05, 3.63) is 0 Å². The molecule has 0 aromatic heterocycles. The highest BCUT2D eigenvalue weighted by Crippen LogP contribution is 2.43. The van der Waals surface area contributed by atoms with Gasteiger partial charge in [-0.05, 0) is 31.7 Å². The molecule has 6 heteroatoms. The Kier molecular flexibility index (Phi) is 3.84. The van der Waals surface area contributed by atoms with Gasteiger partial charge < -0.3 is 10.6 Å². The summed E-state index contributed by atoms with van der Waals surface area (Å²) >= 11 is 0. The number of hydrogen-bond acceptors (Lipinski definition) is 2. The molecule has 1 saturated carbocycles. The van der Waals surface area contributed by atoms with Gasteiger partial charge in [0.1, 0.15) is 0 Å². The van der Waals surface area contributed by atoms with Crippen molar-refractivity contribution in [2.45, 2.75) is 38.3 Å². The van der Waals surface area contributed by atoms with Crippen molar-refractivity contribution in [3.63, 3.8) is 0 Å². The molecule has 2 N–H and O–H groups in total. The van der Waals surface area contributed by atoms with Gasteiger partial charge in [-0.25, -0.2) is 0 Å². The fourth-order valence-corrected chi connectivity index (χ4v) is 2.88. The first-order chi connectivity index (χ1) is 8.46. The molecule has 0 radical (unpaired) electrons. The third kappa shape index (κ3) is 2.48. The number of nitrogens with one attached hydrogen (secondary N) is 2. The van der Waals surface area contributed by atoms with Crippen LogP contribution < -0.4 is 10.6 Å². The van der Waals surface area contributed by atoms with E-state index < -0.39 is 17.5 Å². The molecule has 18 heavy (non-hydrogen) atoms. The predicted octanol–water partition coefficient (Wildman–Crippen LogP) is 1.83. The molecule has 2 aliphatic rings. The molecule has 2 rings (SSSR count). The van der Waals surface area contributed by atoms with Gasteiger partial charge >= 0.3 is 6.18 Å². The van der Waals surface area contributed by atoms with E-state index in [1.165, 1.54) is 0 Å². The summed E-state index contributed by atoms with van der Waals surface area (Å²) in [7, 11) is 0. The lowest BCUT2D eigenvalue weighted by Crippen LogP contribution is -2.52. The number of halogens is 3. The molecular weight excluding hydrogens is 245 g/mol. The average molecular weight is 264 g/mol. The molecule has 0 bridgehead atoms.